The standard InChI is InChI=1S/C65H94N6O15/c1-12-42(37-80-9)85-52(86-60(5,6)7)38-84-51(73)23-17-22-50(72)67-40(4)54(74)83-31-19-27-66-58(76)65(79)56-63(26-30-71-28-18-25-62(14-3,55(63)71)57(65)75)45-32-46(49(81-10)33-48(45)69(56)8)64(59(77)82-11)35-41-34-61(78,13-2)39-70(36-41)29-24-44-43-20-15-16-21-47(43)68-53(44)64/h15-16,18,20-21,25,32-33,40-42,52,55-57,68,75,78-79H,12-14,17,19,22-24,26-31,34-39H2,1-11H3,(H,66,76)(H,67,72)/t40-,41-,42?,52?,55?,56?,57-,61?,62-,63-,64+,65+/m1/s1. The number of carbonyl (C=O) groups is 5. The quantitative estimate of drug-likeness (QED) is 0.0224. The van der Waals surface area contributed by atoms with Gasteiger partial charge in [0.05, 0.1) is 50.8 Å². The highest BCUT2D eigenvalue weighted by atomic mass is 16.7. The van der Waals surface area contributed by atoms with Crippen LogP contribution in [0.5, 0.6) is 5.75 Å². The lowest BCUT2D eigenvalue weighted by Gasteiger charge is -2.63. The smallest absolute Gasteiger partial charge is 0.328 e. The Morgan fingerprint density at radius 2 is 1.69 bits per heavy atom. The van der Waals surface area contributed by atoms with Crippen molar-refractivity contribution in [1.82, 2.24) is 25.4 Å². The van der Waals surface area contributed by atoms with Crippen molar-refractivity contribution in [3.8, 4) is 5.75 Å². The van der Waals surface area contributed by atoms with Gasteiger partial charge >= 0.3 is 17.9 Å². The molecular weight excluding hydrogens is 1100 g/mol. The van der Waals surface area contributed by atoms with Gasteiger partial charge in [0.25, 0.3) is 5.91 Å². The zero-order valence-corrected chi connectivity index (χ0v) is 52.4. The number of hydrogen-bond acceptors (Lipinski definition) is 18. The number of anilines is 1. The molecule has 1 aliphatic carbocycles. The monoisotopic (exact) mass is 1200 g/mol. The number of piperidine rings is 1. The third-order valence-electron chi connectivity index (χ3n) is 19.6. The molecule has 6 unspecified atom stereocenters. The maximum absolute atomic E-state index is 15.5. The molecule has 6 N–H and O–H groups in total. The molecule has 2 saturated heterocycles. The zero-order chi connectivity index (χ0) is 62.1. The van der Waals surface area contributed by atoms with Gasteiger partial charge in [-0.3, -0.25) is 29.0 Å². The van der Waals surface area contributed by atoms with E-state index < -0.39 is 87.2 Å². The van der Waals surface area contributed by atoms with Crippen molar-refractivity contribution < 1.29 is 72.5 Å². The number of amides is 2. The number of esters is 3. The molecule has 2 amide bonds. The van der Waals surface area contributed by atoms with Gasteiger partial charge in [0, 0.05) is 111 Å². The SMILES string of the molecule is CCC(COC)OC(COC(=O)CCCC(=O)N[C@H](C)C(=O)OCCCNC(=O)[C@]1(O)C2N(C)c3cc(OC)c([C@@]4(C(=O)OC)C[C@@H]5CN(CCc6c4[nH]c4ccccc64)CC(O)(CC)C5)cc3[C@@]23CCN2CC=C[C@](CC)(C23)[C@H]1O)OC(C)(C)C. The summed E-state index contributed by atoms with van der Waals surface area (Å²) in [7, 11) is 6.42. The molecule has 21 nitrogen and oxygen atoms in total. The molecule has 86 heavy (non-hydrogen) atoms. The molecule has 9 rings (SSSR count). The summed E-state index contributed by atoms with van der Waals surface area (Å²) < 4.78 is 40.6. The van der Waals surface area contributed by atoms with Crippen molar-refractivity contribution in [2.45, 2.75) is 183 Å². The summed E-state index contributed by atoms with van der Waals surface area (Å²) in [6.45, 7) is 16.2. The number of likely N-dealkylation sites (N-methyl/N-ethyl adjacent to an activating group) is 1. The molecule has 6 heterocycles. The Labute approximate surface area is 506 Å². The van der Waals surface area contributed by atoms with E-state index in [4.69, 9.17) is 33.2 Å². The van der Waals surface area contributed by atoms with Crippen LogP contribution in [0.15, 0.2) is 48.6 Å². The van der Waals surface area contributed by atoms with Crippen LogP contribution in [0.1, 0.15) is 135 Å². The fourth-order valence-electron chi connectivity index (χ4n) is 15.9. The molecule has 2 bridgehead atoms. The lowest BCUT2D eigenvalue weighted by molar-refractivity contribution is -0.239. The molecule has 13 atom stereocenters. The largest absolute Gasteiger partial charge is 0.496 e. The highest BCUT2D eigenvalue weighted by molar-refractivity contribution is 5.95. The maximum Gasteiger partial charge on any atom is 0.328 e. The Morgan fingerprint density at radius 1 is 0.919 bits per heavy atom. The fourth-order valence-corrected chi connectivity index (χ4v) is 15.9. The minimum absolute atomic E-state index is 0.0291. The number of carbonyl (C=O) groups excluding carboxylic acids is 5. The van der Waals surface area contributed by atoms with E-state index in [2.05, 4.69) is 37.6 Å². The maximum atomic E-state index is 15.5. The molecule has 0 radical (unpaired) electrons. The summed E-state index contributed by atoms with van der Waals surface area (Å²) in [6.07, 6.45) is 5.06. The van der Waals surface area contributed by atoms with Crippen molar-refractivity contribution >= 4 is 46.3 Å². The molecule has 1 aromatic heterocycles. The first-order valence-electron chi connectivity index (χ1n) is 31.1. The average Bonchev–Trinajstić information content (AvgIpc) is 1.44. The summed E-state index contributed by atoms with van der Waals surface area (Å²) in [6, 6.07) is 9.66. The number of aliphatic hydroxyl groups is 3. The second-order valence-corrected chi connectivity index (χ2v) is 26.0. The number of rotatable bonds is 24. The molecule has 21 heteroatoms. The van der Waals surface area contributed by atoms with Gasteiger partial charge in [-0.15, -0.1) is 0 Å². The number of para-hydroxylation sites is 1. The van der Waals surface area contributed by atoms with E-state index in [1.807, 2.05) is 89.9 Å². The summed E-state index contributed by atoms with van der Waals surface area (Å²) in [5.41, 5.74) is -2.88. The van der Waals surface area contributed by atoms with E-state index in [0.717, 1.165) is 22.0 Å². The predicted molar refractivity (Wildman–Crippen MR) is 322 cm³/mol. The number of aromatic amines is 1. The fraction of sp³-hybridized carbons (Fsp3) is 0.677. The minimum Gasteiger partial charge on any atom is -0.496 e. The number of hydrogen-bond donors (Lipinski definition) is 6. The van der Waals surface area contributed by atoms with E-state index in [1.165, 1.54) is 14.0 Å². The van der Waals surface area contributed by atoms with Crippen molar-refractivity contribution in [2.75, 3.05) is 92.4 Å². The number of fused-ring (bicyclic) bond motifs is 6. The lowest BCUT2D eigenvalue weighted by atomic mass is 9.47. The molecule has 6 aliphatic rings. The van der Waals surface area contributed by atoms with Crippen molar-refractivity contribution in [3.05, 3.63) is 70.9 Å². The van der Waals surface area contributed by atoms with Gasteiger partial charge < -0.3 is 69.0 Å². The number of benzene rings is 2. The molecule has 1 saturated carbocycles. The molecule has 1 spiro atoms. The second-order valence-electron chi connectivity index (χ2n) is 26.0. The molecule has 5 aliphatic heterocycles. The van der Waals surface area contributed by atoms with Crippen molar-refractivity contribution in [2.24, 2.45) is 11.3 Å². The summed E-state index contributed by atoms with van der Waals surface area (Å²) in [4.78, 5) is 79.8. The average molecular weight is 1200 g/mol. The van der Waals surface area contributed by atoms with Gasteiger partial charge in [0.1, 0.15) is 29.9 Å². The Balaban J connectivity index is 0.929. The van der Waals surface area contributed by atoms with E-state index in [0.29, 0.717) is 101 Å². The van der Waals surface area contributed by atoms with Crippen LogP contribution < -0.4 is 20.3 Å². The number of H-pyrrole nitrogens is 1. The minimum atomic E-state index is -2.42. The van der Waals surface area contributed by atoms with Gasteiger partial charge in [-0.2, -0.15) is 0 Å². The Hall–Kier alpha value is -5.65. The van der Waals surface area contributed by atoms with Crippen LogP contribution in [-0.4, -0.2) is 201 Å². The third-order valence-corrected chi connectivity index (χ3v) is 19.6. The number of aromatic nitrogens is 1. The highest BCUT2D eigenvalue weighted by Crippen LogP contribution is 2.67. The predicted octanol–water partition coefficient (Wildman–Crippen LogP) is 5.10. The van der Waals surface area contributed by atoms with Crippen molar-refractivity contribution in [3.63, 3.8) is 0 Å². The number of nitrogens with one attached hydrogen (secondary N) is 3. The van der Waals surface area contributed by atoms with Crippen LogP contribution >= 0.6 is 0 Å². The summed E-state index contributed by atoms with van der Waals surface area (Å²) in [5.74, 6) is -2.68. The van der Waals surface area contributed by atoms with Crippen LogP contribution in [0.4, 0.5) is 5.69 Å². The van der Waals surface area contributed by atoms with E-state index >= 15 is 9.59 Å². The number of aliphatic hydroxyl groups excluding tert-OH is 1. The molecule has 2 aromatic carbocycles. The van der Waals surface area contributed by atoms with Crippen LogP contribution in [0.2, 0.25) is 0 Å². The molecule has 3 fully saturated rings. The van der Waals surface area contributed by atoms with Gasteiger partial charge in [0.15, 0.2) is 11.9 Å². The Kier molecular flexibility index (Phi) is 19.5. The summed E-state index contributed by atoms with van der Waals surface area (Å²) in [5, 5.41) is 45.3. The number of ether oxygens (including phenoxy) is 7. The van der Waals surface area contributed by atoms with Crippen molar-refractivity contribution in [1.29, 1.82) is 0 Å². The molecule has 474 valence electrons. The van der Waals surface area contributed by atoms with E-state index in [9.17, 15) is 29.7 Å². The van der Waals surface area contributed by atoms with Gasteiger partial charge in [-0.25, -0.2) is 4.79 Å². The van der Waals surface area contributed by atoms with Crippen LogP contribution in [-0.2, 0) is 69.6 Å². The first-order chi connectivity index (χ1) is 40.9. The number of methoxy groups -OCH3 is 3. The topological polar surface area (TPSA) is 260 Å². The van der Waals surface area contributed by atoms with E-state index in [-0.39, 0.29) is 69.9 Å². The zero-order valence-electron chi connectivity index (χ0n) is 52.4. The van der Waals surface area contributed by atoms with Crippen LogP contribution in [0.3, 0.4) is 0 Å². The van der Waals surface area contributed by atoms with E-state index in [1.54, 1.807) is 14.2 Å². The van der Waals surface area contributed by atoms with Gasteiger partial charge in [0.2, 0.25) is 5.91 Å². The van der Waals surface area contributed by atoms with Crippen LogP contribution in [0, 0.1) is 11.3 Å². The lowest BCUT2D eigenvalue weighted by Crippen LogP contribution is -2.81. The molecular formula is C65H94N6O15. The Bertz CT molecular complexity index is 3000. The summed E-state index contributed by atoms with van der Waals surface area (Å²) >= 11 is 0. The first kappa shape index (κ1) is 64.8. The van der Waals surface area contributed by atoms with Gasteiger partial charge in [-0.1, -0.05) is 51.1 Å². The first-order valence-corrected chi connectivity index (χ1v) is 31.1. The van der Waals surface area contributed by atoms with Crippen LogP contribution in [0.25, 0.3) is 10.9 Å². The highest BCUT2D eigenvalue weighted by Gasteiger charge is 2.78. The third kappa shape index (κ3) is 11.8. The number of nitrogens with zero attached hydrogens (tertiary/aromatic N) is 3. The normalized spacial score (nSPS) is 30.3. The Morgan fingerprint density at radius 3 is 2.38 bits per heavy atom. The molecule has 3 aromatic rings. The second kappa shape index (κ2) is 25.8. The van der Waals surface area contributed by atoms with Gasteiger partial charge in [-0.05, 0) is 121 Å².